The van der Waals surface area contributed by atoms with Crippen molar-refractivity contribution >= 4 is 52.4 Å². The van der Waals surface area contributed by atoms with Crippen LogP contribution in [0.25, 0.3) is 5.76 Å². The van der Waals surface area contributed by atoms with E-state index in [-0.39, 0.29) is 40.6 Å². The summed E-state index contributed by atoms with van der Waals surface area (Å²) in [6.45, 7) is 0. The normalized spacial score (nSPS) is 12.1. The van der Waals surface area contributed by atoms with Gasteiger partial charge in [0.2, 0.25) is 0 Å². The molecule has 0 aliphatic heterocycles. The van der Waals surface area contributed by atoms with Gasteiger partial charge in [-0.3, -0.25) is 4.79 Å². The minimum absolute atomic E-state index is 0. The van der Waals surface area contributed by atoms with Crippen molar-refractivity contribution in [1.82, 2.24) is 4.98 Å². The summed E-state index contributed by atoms with van der Waals surface area (Å²) in [4.78, 5) is 13.9. The summed E-state index contributed by atoms with van der Waals surface area (Å²) in [6, 6.07) is 0. The number of alkyl halides is 3. The zero-order valence-electron chi connectivity index (χ0n) is 7.58. The molecule has 0 amide bonds. The van der Waals surface area contributed by atoms with Crippen molar-refractivity contribution in [2.45, 2.75) is 6.18 Å². The Balaban J connectivity index is 0.00000196. The Bertz CT molecular complexity index is 361. The van der Waals surface area contributed by atoms with E-state index in [0.717, 1.165) is 11.3 Å². The molecule has 15 heavy (non-hydrogen) atoms. The zero-order valence-corrected chi connectivity index (χ0v) is 10.4. The Hall–Kier alpha value is -0.370. The van der Waals surface area contributed by atoms with Gasteiger partial charge in [0.25, 0.3) is 5.78 Å². The average Bonchev–Trinajstić information content (AvgIpc) is 2.53. The minimum atomic E-state index is -4.97. The number of aliphatic hydroxyl groups is 1. The molecule has 0 aliphatic carbocycles. The van der Waals surface area contributed by atoms with Gasteiger partial charge in [-0.1, -0.05) is 0 Å². The van der Waals surface area contributed by atoms with Crippen LogP contribution in [0.2, 0.25) is 0 Å². The minimum Gasteiger partial charge on any atom is -0.505 e. The SMILES string of the molecule is O=C(C=C(O)c1nccs1)C(F)(F)F.[Na]. The second-order valence-electron chi connectivity index (χ2n) is 2.23. The van der Waals surface area contributed by atoms with Crippen LogP contribution in [0.3, 0.4) is 0 Å². The van der Waals surface area contributed by atoms with Crippen molar-refractivity contribution in [3.8, 4) is 0 Å². The average molecular weight is 246 g/mol. The van der Waals surface area contributed by atoms with E-state index >= 15 is 0 Å². The predicted molar refractivity (Wildman–Crippen MR) is 49.5 cm³/mol. The molecule has 3 nitrogen and oxygen atoms in total. The first-order chi connectivity index (χ1) is 6.41. The van der Waals surface area contributed by atoms with E-state index in [2.05, 4.69) is 4.98 Å². The number of allylic oxidation sites excluding steroid dienone is 1. The number of hydrogen-bond acceptors (Lipinski definition) is 4. The van der Waals surface area contributed by atoms with Crippen LogP contribution in [0.15, 0.2) is 17.7 Å². The van der Waals surface area contributed by atoms with E-state index in [1.165, 1.54) is 11.6 Å². The fourth-order valence-electron chi connectivity index (χ4n) is 0.618. The molecule has 1 N–H and O–H groups in total. The second kappa shape index (κ2) is 5.64. The molecular formula is C7H4F3NNaO2S. The number of nitrogens with zero attached hydrogens (tertiary/aromatic N) is 1. The van der Waals surface area contributed by atoms with Crippen LogP contribution in [0.5, 0.6) is 0 Å². The fraction of sp³-hybridized carbons (Fsp3) is 0.143. The maximum absolute atomic E-state index is 11.7. The molecule has 0 atom stereocenters. The Morgan fingerprint density at radius 2 is 2.13 bits per heavy atom. The van der Waals surface area contributed by atoms with Crippen LogP contribution in [-0.4, -0.2) is 51.6 Å². The molecule has 1 heterocycles. The Kier molecular flexibility index (Phi) is 5.50. The van der Waals surface area contributed by atoms with Gasteiger partial charge in [-0.2, -0.15) is 13.2 Å². The molecule has 1 rings (SSSR count). The zero-order chi connectivity index (χ0) is 10.8. The molecule has 0 aromatic carbocycles. The number of rotatable bonds is 2. The van der Waals surface area contributed by atoms with Crippen molar-refractivity contribution in [1.29, 1.82) is 0 Å². The van der Waals surface area contributed by atoms with Crippen molar-refractivity contribution in [2.24, 2.45) is 0 Å². The molecule has 8 heteroatoms. The van der Waals surface area contributed by atoms with Crippen LogP contribution in [0.1, 0.15) is 5.01 Å². The third kappa shape index (κ3) is 4.33. The van der Waals surface area contributed by atoms with Gasteiger partial charge in [-0.25, -0.2) is 4.98 Å². The summed E-state index contributed by atoms with van der Waals surface area (Å²) < 4.78 is 35.2. The maximum Gasteiger partial charge on any atom is 0.454 e. The summed E-state index contributed by atoms with van der Waals surface area (Å²) >= 11 is 0.935. The third-order valence-electron chi connectivity index (χ3n) is 1.20. The van der Waals surface area contributed by atoms with Gasteiger partial charge in [0, 0.05) is 47.2 Å². The topological polar surface area (TPSA) is 50.2 Å². The van der Waals surface area contributed by atoms with Crippen molar-refractivity contribution in [2.75, 3.05) is 0 Å². The third-order valence-corrected chi connectivity index (χ3v) is 1.99. The summed E-state index contributed by atoms with van der Waals surface area (Å²) in [5, 5.41) is 10.5. The van der Waals surface area contributed by atoms with Crippen LogP contribution in [0, 0.1) is 0 Å². The Labute approximate surface area is 109 Å². The Morgan fingerprint density at radius 1 is 1.53 bits per heavy atom. The van der Waals surface area contributed by atoms with E-state index in [1.807, 2.05) is 0 Å². The molecule has 0 saturated carbocycles. The molecule has 0 fully saturated rings. The standard InChI is InChI=1S/C7H4F3NO2S.Na/c8-7(9,10)5(13)3-4(12)6-11-1-2-14-6;/h1-3,12H;. The van der Waals surface area contributed by atoms with Crippen molar-refractivity contribution in [3.05, 3.63) is 22.7 Å². The van der Waals surface area contributed by atoms with Crippen LogP contribution < -0.4 is 0 Å². The van der Waals surface area contributed by atoms with Gasteiger partial charge in [0.15, 0.2) is 10.8 Å². The first-order valence-electron chi connectivity index (χ1n) is 3.33. The number of thiazole rings is 1. The number of ketones is 1. The molecular weight excluding hydrogens is 242 g/mol. The molecule has 1 radical (unpaired) electrons. The first-order valence-corrected chi connectivity index (χ1v) is 4.21. The Morgan fingerprint density at radius 3 is 2.53 bits per heavy atom. The molecule has 0 spiro atoms. The number of carbonyl (C=O) groups excluding carboxylic acids is 1. The van der Waals surface area contributed by atoms with Gasteiger partial charge in [-0.15, -0.1) is 11.3 Å². The number of aromatic nitrogens is 1. The van der Waals surface area contributed by atoms with Gasteiger partial charge in [0.1, 0.15) is 0 Å². The van der Waals surface area contributed by atoms with Crippen LogP contribution >= 0.6 is 11.3 Å². The molecule has 0 aliphatic rings. The maximum atomic E-state index is 11.7. The molecule has 0 bridgehead atoms. The molecule has 1 aromatic heterocycles. The van der Waals surface area contributed by atoms with E-state index < -0.39 is 17.7 Å². The molecule has 0 saturated heterocycles. The molecule has 77 valence electrons. The molecule has 0 unspecified atom stereocenters. The summed E-state index contributed by atoms with van der Waals surface area (Å²) in [6.07, 6.45) is -3.55. The summed E-state index contributed by atoms with van der Waals surface area (Å²) in [5.74, 6) is -2.88. The number of carbonyl (C=O) groups is 1. The van der Waals surface area contributed by atoms with E-state index in [1.54, 1.807) is 0 Å². The van der Waals surface area contributed by atoms with Crippen LogP contribution in [0.4, 0.5) is 13.2 Å². The number of aliphatic hydroxyl groups excluding tert-OH is 1. The van der Waals surface area contributed by atoms with E-state index in [9.17, 15) is 18.0 Å². The van der Waals surface area contributed by atoms with E-state index in [4.69, 9.17) is 5.11 Å². The monoisotopic (exact) mass is 246 g/mol. The summed E-state index contributed by atoms with van der Waals surface area (Å²) in [5.41, 5.74) is 0. The predicted octanol–water partition coefficient (Wildman–Crippen LogP) is 1.79. The van der Waals surface area contributed by atoms with Crippen molar-refractivity contribution in [3.63, 3.8) is 0 Å². The van der Waals surface area contributed by atoms with Crippen molar-refractivity contribution < 1.29 is 23.1 Å². The summed E-state index contributed by atoms with van der Waals surface area (Å²) in [7, 11) is 0. The smallest absolute Gasteiger partial charge is 0.454 e. The van der Waals surface area contributed by atoms with Gasteiger partial charge in [0.05, 0.1) is 0 Å². The van der Waals surface area contributed by atoms with Crippen LogP contribution in [-0.2, 0) is 4.79 Å². The van der Waals surface area contributed by atoms with Gasteiger partial charge < -0.3 is 5.11 Å². The number of halogens is 3. The quantitative estimate of drug-likeness (QED) is 0.491. The second-order valence-corrected chi connectivity index (χ2v) is 3.12. The van der Waals surface area contributed by atoms with E-state index in [0.29, 0.717) is 0 Å². The first kappa shape index (κ1) is 14.6. The fourth-order valence-corrected chi connectivity index (χ4v) is 1.17. The molecule has 1 aromatic rings. The van der Waals surface area contributed by atoms with Gasteiger partial charge >= 0.3 is 6.18 Å². The largest absolute Gasteiger partial charge is 0.505 e. The number of hydrogen-bond donors (Lipinski definition) is 1. The van der Waals surface area contributed by atoms with Gasteiger partial charge in [-0.05, 0) is 0 Å².